The number of methoxy groups -OCH3 is 1. The highest BCUT2D eigenvalue weighted by Gasteiger charge is 2.32. The van der Waals surface area contributed by atoms with Crippen LogP contribution in [0.15, 0.2) is 36.1 Å². The zero-order valence-corrected chi connectivity index (χ0v) is 19.1. The lowest BCUT2D eigenvalue weighted by molar-refractivity contribution is -0.153. The van der Waals surface area contributed by atoms with E-state index in [2.05, 4.69) is 0 Å². The Morgan fingerprint density at radius 3 is 2.50 bits per heavy atom. The lowest BCUT2D eigenvalue weighted by atomic mass is 9.91. The predicted octanol–water partition coefficient (Wildman–Crippen LogP) is 3.77. The van der Waals surface area contributed by atoms with Crippen molar-refractivity contribution in [1.82, 2.24) is 4.90 Å². The van der Waals surface area contributed by atoms with Crippen LogP contribution in [0.1, 0.15) is 73.2 Å². The van der Waals surface area contributed by atoms with Crippen molar-refractivity contribution in [3.63, 3.8) is 0 Å². The molecule has 0 radical (unpaired) electrons. The van der Waals surface area contributed by atoms with Gasteiger partial charge in [-0.05, 0) is 49.5 Å². The Balaban J connectivity index is 1.77. The van der Waals surface area contributed by atoms with Crippen LogP contribution in [0.5, 0.6) is 0 Å². The second kappa shape index (κ2) is 12.0. The smallest absolute Gasteiger partial charge is 0.337 e. The van der Waals surface area contributed by atoms with E-state index in [1.54, 1.807) is 12.1 Å². The standard InChI is InChI=1S/C25H35NO6/c1-26(21-8-4-3-5-9-21)24(28)22-16-20(17-23(32-22)31-15-7-6-14-27)18-10-12-19(13-11-18)25(29)30-2/h10-13,16,20-21,23,27H,3-9,14-15,17H2,1-2H3/t20-,23+/m1/s1. The monoisotopic (exact) mass is 445 g/mol. The molecule has 1 heterocycles. The molecule has 1 aliphatic heterocycles. The topological polar surface area (TPSA) is 85.3 Å². The van der Waals surface area contributed by atoms with Crippen molar-refractivity contribution < 1.29 is 28.9 Å². The Morgan fingerprint density at radius 1 is 1.12 bits per heavy atom. The van der Waals surface area contributed by atoms with Gasteiger partial charge in [0.05, 0.1) is 19.3 Å². The molecule has 0 spiro atoms. The van der Waals surface area contributed by atoms with Crippen molar-refractivity contribution in [1.29, 1.82) is 0 Å². The van der Waals surface area contributed by atoms with E-state index in [4.69, 9.17) is 19.3 Å². The molecule has 1 N–H and O–H groups in total. The van der Waals surface area contributed by atoms with Gasteiger partial charge in [0.1, 0.15) is 0 Å². The van der Waals surface area contributed by atoms with Crippen LogP contribution in [-0.2, 0) is 19.0 Å². The average Bonchev–Trinajstić information content (AvgIpc) is 2.85. The highest BCUT2D eigenvalue weighted by Crippen LogP contribution is 2.33. The van der Waals surface area contributed by atoms with Crippen molar-refractivity contribution in [2.24, 2.45) is 0 Å². The Morgan fingerprint density at radius 2 is 1.84 bits per heavy atom. The highest BCUT2D eigenvalue weighted by atomic mass is 16.7. The summed E-state index contributed by atoms with van der Waals surface area (Å²) < 4.78 is 16.7. The molecule has 0 bridgehead atoms. The molecule has 1 aromatic carbocycles. The Hall–Kier alpha value is -2.38. The molecule has 1 aliphatic carbocycles. The summed E-state index contributed by atoms with van der Waals surface area (Å²) in [7, 11) is 3.21. The van der Waals surface area contributed by atoms with E-state index in [1.165, 1.54) is 13.5 Å². The van der Waals surface area contributed by atoms with Gasteiger partial charge in [-0.2, -0.15) is 0 Å². The fraction of sp³-hybridized carbons (Fsp3) is 0.600. The maximum absolute atomic E-state index is 13.3. The molecule has 32 heavy (non-hydrogen) atoms. The van der Waals surface area contributed by atoms with Crippen molar-refractivity contribution in [2.45, 2.75) is 69.6 Å². The number of ether oxygens (including phenoxy) is 3. The molecule has 7 nitrogen and oxygen atoms in total. The first-order valence-electron chi connectivity index (χ1n) is 11.6. The fourth-order valence-electron chi connectivity index (χ4n) is 4.36. The van der Waals surface area contributed by atoms with Gasteiger partial charge < -0.3 is 24.2 Å². The van der Waals surface area contributed by atoms with Crippen LogP contribution in [0.25, 0.3) is 0 Å². The number of carbonyl (C=O) groups excluding carboxylic acids is 2. The number of nitrogens with zero attached hydrogens (tertiary/aromatic N) is 1. The van der Waals surface area contributed by atoms with Gasteiger partial charge >= 0.3 is 5.97 Å². The van der Waals surface area contributed by atoms with Crippen molar-refractivity contribution >= 4 is 11.9 Å². The van der Waals surface area contributed by atoms with Crippen LogP contribution >= 0.6 is 0 Å². The SMILES string of the molecule is COC(=O)c1ccc([C@@H]2C=C(C(=O)N(C)C3CCCCC3)O[C@H](OCCCCO)C2)cc1. The molecule has 1 amide bonds. The molecular weight excluding hydrogens is 410 g/mol. The van der Waals surface area contributed by atoms with Gasteiger partial charge in [0.15, 0.2) is 5.76 Å². The number of likely N-dealkylation sites (N-methyl/N-ethyl adjacent to an activating group) is 1. The maximum atomic E-state index is 13.3. The highest BCUT2D eigenvalue weighted by molar-refractivity contribution is 5.92. The number of aliphatic hydroxyl groups is 1. The third kappa shape index (κ3) is 6.33. The molecular formula is C25H35NO6. The summed E-state index contributed by atoms with van der Waals surface area (Å²) in [4.78, 5) is 26.8. The van der Waals surface area contributed by atoms with Crippen LogP contribution in [0, 0.1) is 0 Å². The minimum atomic E-state index is -0.539. The molecule has 176 valence electrons. The van der Waals surface area contributed by atoms with Gasteiger partial charge in [-0.3, -0.25) is 4.79 Å². The summed E-state index contributed by atoms with van der Waals surface area (Å²) in [5, 5.41) is 8.99. The predicted molar refractivity (Wildman–Crippen MR) is 120 cm³/mol. The molecule has 1 fully saturated rings. The van der Waals surface area contributed by atoms with E-state index in [1.807, 2.05) is 30.2 Å². The summed E-state index contributed by atoms with van der Waals surface area (Å²) in [5.74, 6) is -0.249. The number of amides is 1. The van der Waals surface area contributed by atoms with Gasteiger partial charge in [0.2, 0.25) is 6.29 Å². The maximum Gasteiger partial charge on any atom is 0.337 e. The van der Waals surface area contributed by atoms with Gasteiger partial charge in [0, 0.05) is 32.0 Å². The third-order valence-electron chi connectivity index (χ3n) is 6.33. The number of rotatable bonds is 9. The zero-order valence-electron chi connectivity index (χ0n) is 19.1. The summed E-state index contributed by atoms with van der Waals surface area (Å²) >= 11 is 0. The van der Waals surface area contributed by atoms with Crippen molar-refractivity contribution in [3.05, 3.63) is 47.2 Å². The first-order valence-corrected chi connectivity index (χ1v) is 11.6. The molecule has 3 rings (SSSR count). The number of aliphatic hydroxyl groups excluding tert-OH is 1. The quantitative estimate of drug-likeness (QED) is 0.460. The molecule has 1 aromatic rings. The molecule has 7 heteroatoms. The number of allylic oxidation sites excluding steroid dienone is 1. The normalized spacial score (nSPS) is 21.4. The zero-order chi connectivity index (χ0) is 22.9. The summed E-state index contributed by atoms with van der Waals surface area (Å²) in [6, 6.07) is 7.47. The minimum Gasteiger partial charge on any atom is -0.465 e. The molecule has 2 aliphatic rings. The van der Waals surface area contributed by atoms with E-state index in [-0.39, 0.29) is 30.4 Å². The van der Waals surface area contributed by atoms with E-state index >= 15 is 0 Å². The first kappa shape index (κ1) is 24.3. The number of benzene rings is 1. The second-order valence-electron chi connectivity index (χ2n) is 8.54. The molecule has 0 unspecified atom stereocenters. The molecule has 1 saturated carbocycles. The average molecular weight is 446 g/mol. The van der Waals surface area contributed by atoms with E-state index < -0.39 is 6.29 Å². The van der Waals surface area contributed by atoms with Gasteiger partial charge in [-0.15, -0.1) is 0 Å². The van der Waals surface area contributed by atoms with Crippen molar-refractivity contribution in [3.8, 4) is 0 Å². The minimum absolute atomic E-state index is 0.0722. The molecule has 2 atom stereocenters. The number of esters is 1. The van der Waals surface area contributed by atoms with Crippen LogP contribution in [-0.4, -0.2) is 61.6 Å². The van der Waals surface area contributed by atoms with Crippen LogP contribution in [0.3, 0.4) is 0 Å². The fourth-order valence-corrected chi connectivity index (χ4v) is 4.36. The van der Waals surface area contributed by atoms with E-state index in [0.717, 1.165) is 37.7 Å². The van der Waals surface area contributed by atoms with Gasteiger partial charge in [0.25, 0.3) is 5.91 Å². The summed E-state index contributed by atoms with van der Waals surface area (Å²) in [6.45, 7) is 0.582. The first-order chi connectivity index (χ1) is 15.5. The van der Waals surface area contributed by atoms with Crippen molar-refractivity contribution in [2.75, 3.05) is 27.4 Å². The van der Waals surface area contributed by atoms with E-state index in [0.29, 0.717) is 30.8 Å². The third-order valence-corrected chi connectivity index (χ3v) is 6.33. The van der Waals surface area contributed by atoms with Crippen LogP contribution in [0.2, 0.25) is 0 Å². The summed E-state index contributed by atoms with van der Waals surface area (Å²) in [5.41, 5.74) is 1.47. The van der Waals surface area contributed by atoms with Gasteiger partial charge in [-0.1, -0.05) is 31.4 Å². The lowest BCUT2D eigenvalue weighted by Gasteiger charge is -2.34. The van der Waals surface area contributed by atoms with Crippen LogP contribution in [0.4, 0.5) is 0 Å². The largest absolute Gasteiger partial charge is 0.465 e. The Kier molecular flexibility index (Phi) is 9.11. The lowest BCUT2D eigenvalue weighted by Crippen LogP contribution is -2.41. The number of unbranched alkanes of at least 4 members (excludes halogenated alkanes) is 1. The second-order valence-corrected chi connectivity index (χ2v) is 8.54. The number of carbonyl (C=O) groups is 2. The molecule has 0 aromatic heterocycles. The number of hydrogen-bond donors (Lipinski definition) is 1. The Bertz CT molecular complexity index is 784. The molecule has 0 saturated heterocycles. The Labute approximate surface area is 190 Å². The van der Waals surface area contributed by atoms with E-state index in [9.17, 15) is 9.59 Å². The van der Waals surface area contributed by atoms with Crippen LogP contribution < -0.4 is 0 Å². The number of hydrogen-bond acceptors (Lipinski definition) is 6. The summed E-state index contributed by atoms with van der Waals surface area (Å²) in [6.07, 6.45) is 8.86. The van der Waals surface area contributed by atoms with Gasteiger partial charge in [-0.25, -0.2) is 4.79 Å².